The molecule has 0 aliphatic heterocycles. The molecule has 9 nitrogen and oxygen atoms in total. The molecular formula is C39H66NO8P. The molecule has 0 saturated carbocycles. The van der Waals surface area contributed by atoms with Crippen molar-refractivity contribution < 1.29 is 37.6 Å². The van der Waals surface area contributed by atoms with Crippen LogP contribution < -0.4 is 5.73 Å². The van der Waals surface area contributed by atoms with Crippen LogP contribution in [0.1, 0.15) is 129 Å². The van der Waals surface area contributed by atoms with E-state index in [1.165, 1.54) is 12.8 Å². The van der Waals surface area contributed by atoms with Crippen LogP contribution in [0.25, 0.3) is 0 Å². The van der Waals surface area contributed by atoms with Crippen LogP contribution in [0, 0.1) is 0 Å². The molecule has 0 aromatic rings. The molecule has 10 heteroatoms. The third-order valence-electron chi connectivity index (χ3n) is 7.08. The lowest BCUT2D eigenvalue weighted by atomic mass is 10.1. The molecule has 0 aromatic heterocycles. The maximum atomic E-state index is 12.5. The van der Waals surface area contributed by atoms with Crippen LogP contribution >= 0.6 is 7.82 Å². The Labute approximate surface area is 297 Å². The van der Waals surface area contributed by atoms with Crippen LogP contribution in [0.15, 0.2) is 72.9 Å². The standard InChI is InChI=1S/C39H66NO8P/c1-3-5-7-9-11-13-15-16-17-18-19-20-22-23-25-27-29-31-38(41)45-35-37(36-47-49(43,44)46-34-33-40)48-39(42)32-30-28-26-24-21-14-12-10-8-6-4-2/h5,7,10-13,16-17,19-20,23,25,37H,3-4,6,8-9,14-15,18,21-22,24,26-36,40H2,1-2H3,(H,43,44)/b7-5-,12-10-,13-11-,17-16-,20-19-,25-23-/t37-/m1/s1. The first-order valence-electron chi connectivity index (χ1n) is 18.4. The monoisotopic (exact) mass is 707 g/mol. The first-order valence-corrected chi connectivity index (χ1v) is 19.9. The van der Waals surface area contributed by atoms with Gasteiger partial charge in [0.2, 0.25) is 0 Å². The second kappa shape index (κ2) is 35.3. The summed E-state index contributed by atoms with van der Waals surface area (Å²) in [6.07, 6.45) is 40.9. The van der Waals surface area contributed by atoms with Crippen LogP contribution in [0.2, 0.25) is 0 Å². The van der Waals surface area contributed by atoms with Gasteiger partial charge in [0.25, 0.3) is 0 Å². The number of carbonyl (C=O) groups excluding carboxylic acids is 2. The van der Waals surface area contributed by atoms with Gasteiger partial charge in [-0.05, 0) is 70.6 Å². The summed E-state index contributed by atoms with van der Waals surface area (Å²) < 4.78 is 32.5. The lowest BCUT2D eigenvalue weighted by Gasteiger charge is -2.19. The number of carbonyl (C=O) groups is 2. The van der Waals surface area contributed by atoms with E-state index in [1.54, 1.807) is 0 Å². The van der Waals surface area contributed by atoms with Gasteiger partial charge in [0.15, 0.2) is 6.10 Å². The molecule has 0 radical (unpaired) electrons. The summed E-state index contributed by atoms with van der Waals surface area (Å²) in [5, 5.41) is 0. The number of phosphoric ester groups is 1. The lowest BCUT2D eigenvalue weighted by Crippen LogP contribution is -2.29. The van der Waals surface area contributed by atoms with Gasteiger partial charge in [0.1, 0.15) is 6.61 Å². The van der Waals surface area contributed by atoms with Crippen LogP contribution in [0.4, 0.5) is 0 Å². The van der Waals surface area contributed by atoms with Gasteiger partial charge in [-0.1, -0.05) is 119 Å². The van der Waals surface area contributed by atoms with Crippen molar-refractivity contribution in [1.82, 2.24) is 0 Å². The number of ether oxygens (including phenoxy) is 2. The summed E-state index contributed by atoms with van der Waals surface area (Å²) >= 11 is 0. The summed E-state index contributed by atoms with van der Waals surface area (Å²) in [5.74, 6) is -0.919. The predicted molar refractivity (Wildman–Crippen MR) is 201 cm³/mol. The van der Waals surface area contributed by atoms with Crippen molar-refractivity contribution in [2.45, 2.75) is 136 Å². The fraction of sp³-hybridized carbons (Fsp3) is 0.641. The highest BCUT2D eigenvalue weighted by atomic mass is 31.2. The molecule has 0 saturated heterocycles. The molecule has 0 heterocycles. The molecule has 1 unspecified atom stereocenters. The highest BCUT2D eigenvalue weighted by Crippen LogP contribution is 2.43. The summed E-state index contributed by atoms with van der Waals surface area (Å²) in [5.41, 5.74) is 5.32. The van der Waals surface area contributed by atoms with Gasteiger partial charge in [-0.2, -0.15) is 0 Å². The quantitative estimate of drug-likeness (QED) is 0.0296. The Hall–Kier alpha value is -2.55. The molecule has 0 aliphatic rings. The zero-order valence-electron chi connectivity index (χ0n) is 30.4. The number of allylic oxidation sites excluding steroid dienone is 12. The molecule has 0 aliphatic carbocycles. The fourth-order valence-corrected chi connectivity index (χ4v) is 5.12. The number of esters is 2. The van der Waals surface area contributed by atoms with Gasteiger partial charge >= 0.3 is 19.8 Å². The number of nitrogens with two attached hydrogens (primary N) is 1. The molecule has 0 fully saturated rings. The molecule has 49 heavy (non-hydrogen) atoms. The maximum Gasteiger partial charge on any atom is 0.472 e. The molecule has 0 bridgehead atoms. The second-order valence-corrected chi connectivity index (χ2v) is 13.2. The number of unbranched alkanes of at least 4 members (excludes halogenated alkanes) is 8. The molecule has 2 atom stereocenters. The minimum Gasteiger partial charge on any atom is -0.462 e. The molecule has 280 valence electrons. The van der Waals surface area contributed by atoms with Gasteiger partial charge in [0.05, 0.1) is 13.2 Å². The SMILES string of the molecule is CC/C=C\C/C=C\C/C=C\C/C=C\C/C=C\CCCC(=O)OC[C@H](COP(=O)(O)OCCN)OC(=O)CCCCCCC/C=C\CCCC. The van der Waals surface area contributed by atoms with E-state index in [9.17, 15) is 19.0 Å². The predicted octanol–water partition coefficient (Wildman–Crippen LogP) is 9.93. The molecular weight excluding hydrogens is 641 g/mol. The summed E-state index contributed by atoms with van der Waals surface area (Å²) in [4.78, 5) is 34.6. The number of rotatable bonds is 33. The van der Waals surface area contributed by atoms with E-state index >= 15 is 0 Å². The van der Waals surface area contributed by atoms with Crippen molar-refractivity contribution in [2.24, 2.45) is 5.73 Å². The topological polar surface area (TPSA) is 134 Å². The van der Waals surface area contributed by atoms with E-state index in [0.29, 0.717) is 12.8 Å². The van der Waals surface area contributed by atoms with Crippen molar-refractivity contribution in [3.05, 3.63) is 72.9 Å². The number of phosphoric acid groups is 1. The maximum absolute atomic E-state index is 12.5. The van der Waals surface area contributed by atoms with Crippen molar-refractivity contribution >= 4 is 19.8 Å². The van der Waals surface area contributed by atoms with Gasteiger partial charge in [-0.15, -0.1) is 0 Å². The molecule has 0 amide bonds. The van der Waals surface area contributed by atoms with Crippen molar-refractivity contribution in [1.29, 1.82) is 0 Å². The van der Waals surface area contributed by atoms with Gasteiger partial charge in [0, 0.05) is 19.4 Å². The van der Waals surface area contributed by atoms with Crippen molar-refractivity contribution in [2.75, 3.05) is 26.4 Å². The molecule has 3 N–H and O–H groups in total. The zero-order chi connectivity index (χ0) is 36.1. The average molecular weight is 708 g/mol. The number of hydrogen-bond acceptors (Lipinski definition) is 8. The Morgan fingerprint density at radius 1 is 0.633 bits per heavy atom. The Morgan fingerprint density at radius 3 is 1.76 bits per heavy atom. The average Bonchev–Trinajstić information content (AvgIpc) is 3.08. The van der Waals surface area contributed by atoms with Crippen molar-refractivity contribution in [3.8, 4) is 0 Å². The smallest absolute Gasteiger partial charge is 0.462 e. The Kier molecular flexibility index (Phi) is 33.4. The normalized spacial score (nSPS) is 14.3. The minimum absolute atomic E-state index is 0.0409. The van der Waals surface area contributed by atoms with E-state index in [4.69, 9.17) is 24.3 Å². The summed E-state index contributed by atoms with van der Waals surface area (Å²) in [6, 6.07) is 0. The van der Waals surface area contributed by atoms with Crippen LogP contribution in [0.5, 0.6) is 0 Å². The largest absolute Gasteiger partial charge is 0.472 e. The van der Waals surface area contributed by atoms with Crippen LogP contribution in [0.3, 0.4) is 0 Å². The minimum atomic E-state index is -4.39. The van der Waals surface area contributed by atoms with Crippen LogP contribution in [-0.4, -0.2) is 49.3 Å². The fourth-order valence-electron chi connectivity index (χ4n) is 4.35. The van der Waals surface area contributed by atoms with E-state index in [1.807, 2.05) is 6.08 Å². The third kappa shape index (κ3) is 35.1. The Balaban J connectivity index is 4.36. The van der Waals surface area contributed by atoms with Crippen molar-refractivity contribution in [3.63, 3.8) is 0 Å². The highest BCUT2D eigenvalue weighted by molar-refractivity contribution is 7.47. The highest BCUT2D eigenvalue weighted by Gasteiger charge is 2.25. The lowest BCUT2D eigenvalue weighted by molar-refractivity contribution is -0.161. The van der Waals surface area contributed by atoms with Gasteiger partial charge < -0.3 is 20.1 Å². The number of hydrogen-bond donors (Lipinski definition) is 2. The molecule has 0 rings (SSSR count). The second-order valence-electron chi connectivity index (χ2n) is 11.7. The zero-order valence-corrected chi connectivity index (χ0v) is 31.3. The molecule has 0 aromatic carbocycles. The first-order chi connectivity index (χ1) is 23.8. The van der Waals surface area contributed by atoms with Gasteiger partial charge in [-0.3, -0.25) is 18.6 Å². The van der Waals surface area contributed by atoms with E-state index < -0.39 is 32.5 Å². The summed E-state index contributed by atoms with van der Waals surface area (Å²) in [7, 11) is -4.39. The summed E-state index contributed by atoms with van der Waals surface area (Å²) in [6.45, 7) is 3.46. The molecule has 0 spiro atoms. The third-order valence-corrected chi connectivity index (χ3v) is 8.06. The Bertz CT molecular complexity index is 1030. The first kappa shape index (κ1) is 46.5. The Morgan fingerprint density at radius 2 is 1.14 bits per heavy atom. The van der Waals surface area contributed by atoms with E-state index in [-0.39, 0.29) is 32.6 Å². The van der Waals surface area contributed by atoms with Gasteiger partial charge in [-0.25, -0.2) is 4.57 Å². The van der Waals surface area contributed by atoms with E-state index in [0.717, 1.165) is 77.0 Å². The van der Waals surface area contributed by atoms with Crippen LogP contribution in [-0.2, 0) is 32.7 Å². The van der Waals surface area contributed by atoms with E-state index in [2.05, 4.69) is 80.7 Å².